The van der Waals surface area contributed by atoms with E-state index in [1.807, 2.05) is 26.0 Å². The van der Waals surface area contributed by atoms with Crippen LogP contribution in [0.15, 0.2) is 18.2 Å². The van der Waals surface area contributed by atoms with Crippen molar-refractivity contribution in [2.75, 3.05) is 11.4 Å². The van der Waals surface area contributed by atoms with Crippen molar-refractivity contribution >= 4 is 28.5 Å². The summed E-state index contributed by atoms with van der Waals surface area (Å²) in [6.45, 7) is 4.47. The topological polar surface area (TPSA) is 57.7 Å². The second-order valence-corrected chi connectivity index (χ2v) is 8.19. The van der Waals surface area contributed by atoms with Gasteiger partial charge in [-0.2, -0.15) is 9.97 Å². The van der Waals surface area contributed by atoms with Gasteiger partial charge in [-0.1, -0.05) is 25.4 Å². The number of H-pyrrole nitrogens is 1. The second-order valence-electron chi connectivity index (χ2n) is 7.75. The van der Waals surface area contributed by atoms with Crippen molar-refractivity contribution in [3.05, 3.63) is 46.1 Å². The first-order valence-corrected chi connectivity index (χ1v) is 10.0. The predicted molar refractivity (Wildman–Crippen MR) is 106 cm³/mol. The maximum absolute atomic E-state index is 13.2. The molecule has 1 aromatic carbocycles. The highest BCUT2D eigenvalue weighted by Crippen LogP contribution is 2.40. The van der Waals surface area contributed by atoms with Gasteiger partial charge in [-0.3, -0.25) is 0 Å². The van der Waals surface area contributed by atoms with Crippen LogP contribution in [0.5, 0.6) is 0 Å². The van der Waals surface area contributed by atoms with E-state index in [1.165, 1.54) is 0 Å². The molecule has 1 N–H and O–H groups in total. The Balaban J connectivity index is 1.84. The molecule has 2 aromatic heterocycles. The number of fused-ring (bicyclic) bond motifs is 3. The largest absolute Gasteiger partial charge is 0.356 e. The van der Waals surface area contributed by atoms with E-state index in [0.29, 0.717) is 24.4 Å². The van der Waals surface area contributed by atoms with Gasteiger partial charge >= 0.3 is 0 Å². The van der Waals surface area contributed by atoms with Gasteiger partial charge in [0.1, 0.15) is 0 Å². The van der Waals surface area contributed by atoms with Gasteiger partial charge in [-0.05, 0) is 42.5 Å². The lowest BCUT2D eigenvalue weighted by atomic mass is 9.92. The Morgan fingerprint density at radius 2 is 1.77 bits per heavy atom. The molecule has 0 aliphatic carbocycles. The third-order valence-corrected chi connectivity index (χ3v) is 5.45. The van der Waals surface area contributed by atoms with Gasteiger partial charge in [0.25, 0.3) is 12.9 Å². The summed E-state index contributed by atoms with van der Waals surface area (Å²) in [4.78, 5) is 16.0. The fraction of sp³-hybridized carbons (Fsp3) is 0.450. The molecule has 0 spiro atoms. The smallest absolute Gasteiger partial charge is 0.297 e. The van der Waals surface area contributed by atoms with Crippen molar-refractivity contribution in [1.29, 1.82) is 0 Å². The van der Waals surface area contributed by atoms with E-state index >= 15 is 0 Å². The summed E-state index contributed by atoms with van der Waals surface area (Å²) in [7, 11) is 0. The number of aromatic amines is 1. The quantitative estimate of drug-likeness (QED) is 0.491. The van der Waals surface area contributed by atoms with Crippen molar-refractivity contribution in [3.8, 4) is 0 Å². The van der Waals surface area contributed by atoms with Gasteiger partial charge in [0.15, 0.2) is 0 Å². The van der Waals surface area contributed by atoms with E-state index in [1.54, 1.807) is 11.0 Å². The second kappa shape index (κ2) is 8.02. The van der Waals surface area contributed by atoms with Gasteiger partial charge < -0.3 is 9.88 Å². The van der Waals surface area contributed by atoms with Crippen LogP contribution in [0.3, 0.4) is 0 Å². The zero-order chi connectivity index (χ0) is 21.6. The Morgan fingerprint density at radius 3 is 2.37 bits per heavy atom. The van der Waals surface area contributed by atoms with Crippen LogP contribution in [-0.4, -0.2) is 26.5 Å². The first-order valence-electron chi connectivity index (χ1n) is 9.63. The third kappa shape index (κ3) is 3.82. The van der Waals surface area contributed by atoms with Gasteiger partial charge in [-0.25, -0.2) is 22.5 Å². The number of rotatable bonds is 5. The SMILES string of the molecule is CC(C)C[C@H]1c2[nH]c3ccc(Cl)cc3c2CCN1c1nc(C(F)F)nc(C(F)F)n1. The highest BCUT2D eigenvalue weighted by molar-refractivity contribution is 6.31. The highest BCUT2D eigenvalue weighted by atomic mass is 35.5. The van der Waals surface area contributed by atoms with Crippen molar-refractivity contribution in [3.63, 3.8) is 0 Å². The lowest BCUT2D eigenvalue weighted by Gasteiger charge is -2.37. The number of aromatic nitrogens is 4. The highest BCUT2D eigenvalue weighted by Gasteiger charge is 2.34. The zero-order valence-electron chi connectivity index (χ0n) is 16.3. The fourth-order valence-corrected chi connectivity index (χ4v) is 4.16. The number of alkyl halides is 4. The summed E-state index contributed by atoms with van der Waals surface area (Å²) >= 11 is 6.16. The van der Waals surface area contributed by atoms with Crippen molar-refractivity contribution in [2.45, 2.75) is 45.6 Å². The van der Waals surface area contributed by atoms with Crippen LogP contribution in [0.4, 0.5) is 23.5 Å². The molecule has 0 saturated carbocycles. The summed E-state index contributed by atoms with van der Waals surface area (Å²) in [6, 6.07) is 5.29. The van der Waals surface area contributed by atoms with Crippen LogP contribution in [0, 0.1) is 5.92 Å². The molecule has 0 bridgehead atoms. The standard InChI is InChI=1S/C20H20ClF4N5/c1-9(2)7-14-15-11(12-8-10(21)3-4-13(12)26-15)5-6-30(14)20-28-18(16(22)23)27-19(29-20)17(24)25/h3-4,8-9,14,16-17,26H,5-7H2,1-2H3/t14-/m0/s1. The molecule has 0 saturated heterocycles. The van der Waals surface area contributed by atoms with Crippen LogP contribution in [-0.2, 0) is 6.42 Å². The minimum absolute atomic E-state index is 0.149. The van der Waals surface area contributed by atoms with E-state index < -0.39 is 24.5 Å². The van der Waals surface area contributed by atoms with Crippen molar-refractivity contribution in [2.24, 2.45) is 5.92 Å². The predicted octanol–water partition coefficient (Wildman–Crippen LogP) is 6.03. The summed E-state index contributed by atoms with van der Waals surface area (Å²) in [5.74, 6) is -1.77. The Morgan fingerprint density at radius 1 is 1.10 bits per heavy atom. The maximum Gasteiger partial charge on any atom is 0.297 e. The van der Waals surface area contributed by atoms with Crippen LogP contribution >= 0.6 is 11.6 Å². The lowest BCUT2D eigenvalue weighted by molar-refractivity contribution is 0.125. The molecule has 3 aromatic rings. The van der Waals surface area contributed by atoms with Gasteiger partial charge in [-0.15, -0.1) is 0 Å². The average molecular weight is 442 g/mol. The molecule has 5 nitrogen and oxygen atoms in total. The number of benzene rings is 1. The Labute approximate surface area is 175 Å². The third-order valence-electron chi connectivity index (χ3n) is 5.21. The summed E-state index contributed by atoms with van der Waals surface area (Å²) in [5, 5.41) is 1.62. The Kier molecular flexibility index (Phi) is 5.57. The normalized spacial score (nSPS) is 16.9. The summed E-state index contributed by atoms with van der Waals surface area (Å²) < 4.78 is 53.0. The number of hydrogen-bond acceptors (Lipinski definition) is 4. The Bertz CT molecular complexity index is 1040. The maximum atomic E-state index is 13.2. The summed E-state index contributed by atoms with van der Waals surface area (Å²) in [6.07, 6.45) is -4.90. The number of halogens is 5. The number of anilines is 1. The fourth-order valence-electron chi connectivity index (χ4n) is 3.99. The molecule has 0 radical (unpaired) electrons. The number of nitrogens with one attached hydrogen (secondary N) is 1. The van der Waals surface area contributed by atoms with E-state index in [4.69, 9.17) is 11.6 Å². The molecule has 0 amide bonds. The van der Waals surface area contributed by atoms with Crippen LogP contribution < -0.4 is 4.90 Å². The zero-order valence-corrected chi connectivity index (χ0v) is 17.1. The molecular weight excluding hydrogens is 422 g/mol. The van der Waals surface area contributed by atoms with E-state index in [-0.39, 0.29) is 17.9 Å². The first-order chi connectivity index (χ1) is 14.2. The van der Waals surface area contributed by atoms with Crippen LogP contribution in [0.2, 0.25) is 5.02 Å². The molecule has 1 aliphatic heterocycles. The number of nitrogens with zero attached hydrogens (tertiary/aromatic N) is 4. The van der Waals surface area contributed by atoms with Crippen molar-refractivity contribution < 1.29 is 17.6 Å². The molecule has 0 fully saturated rings. The van der Waals surface area contributed by atoms with Gasteiger partial charge in [0.05, 0.1) is 6.04 Å². The van der Waals surface area contributed by atoms with Crippen LogP contribution in [0.25, 0.3) is 10.9 Å². The molecule has 30 heavy (non-hydrogen) atoms. The Hall–Kier alpha value is -2.42. The molecule has 1 atom stereocenters. The molecular formula is C20H20ClF4N5. The summed E-state index contributed by atoms with van der Waals surface area (Å²) in [5.41, 5.74) is 2.91. The molecule has 160 valence electrons. The first kappa shape index (κ1) is 20.8. The van der Waals surface area contributed by atoms with E-state index in [2.05, 4.69) is 19.9 Å². The van der Waals surface area contributed by atoms with Gasteiger partial charge in [0, 0.05) is 28.2 Å². The average Bonchev–Trinajstić information content (AvgIpc) is 3.05. The number of hydrogen-bond donors (Lipinski definition) is 1. The minimum atomic E-state index is -3.07. The van der Waals surface area contributed by atoms with E-state index in [0.717, 1.165) is 22.2 Å². The molecule has 1 aliphatic rings. The van der Waals surface area contributed by atoms with Crippen LogP contribution in [0.1, 0.15) is 62.1 Å². The van der Waals surface area contributed by atoms with Crippen molar-refractivity contribution in [1.82, 2.24) is 19.9 Å². The molecule has 4 rings (SSSR count). The van der Waals surface area contributed by atoms with E-state index in [9.17, 15) is 17.6 Å². The molecule has 3 heterocycles. The lowest BCUT2D eigenvalue weighted by Crippen LogP contribution is -2.38. The van der Waals surface area contributed by atoms with Gasteiger partial charge in [0.2, 0.25) is 17.6 Å². The molecule has 0 unspecified atom stereocenters. The molecule has 10 heteroatoms. The monoisotopic (exact) mass is 441 g/mol. The minimum Gasteiger partial charge on any atom is -0.356 e.